The average Bonchev–Trinajstić information content (AvgIpc) is 3.23. The zero-order chi connectivity index (χ0) is 22.9. The summed E-state index contributed by atoms with van der Waals surface area (Å²) in [5, 5.41) is 10.2. The molecule has 0 aliphatic carbocycles. The maximum absolute atomic E-state index is 13.3. The number of aryl methyl sites for hydroxylation is 1. The molecule has 0 bridgehead atoms. The van der Waals surface area contributed by atoms with Gasteiger partial charge in [-0.3, -0.25) is 4.79 Å². The molecule has 0 spiro atoms. The number of carbonyl (C=O) groups excluding carboxylic acids is 1. The Bertz CT molecular complexity index is 1200. The van der Waals surface area contributed by atoms with E-state index in [2.05, 4.69) is 25.5 Å². The van der Waals surface area contributed by atoms with Gasteiger partial charge in [-0.25, -0.2) is 9.97 Å². The molecule has 0 saturated carbocycles. The Morgan fingerprint density at radius 1 is 1.19 bits per heavy atom. The van der Waals surface area contributed by atoms with Crippen LogP contribution in [0.1, 0.15) is 27.3 Å². The van der Waals surface area contributed by atoms with Gasteiger partial charge in [-0.1, -0.05) is 11.6 Å². The van der Waals surface area contributed by atoms with Gasteiger partial charge in [-0.05, 0) is 35.8 Å². The van der Waals surface area contributed by atoms with Gasteiger partial charge in [-0.2, -0.15) is 23.0 Å². The van der Waals surface area contributed by atoms with Crippen LogP contribution in [0.25, 0.3) is 5.95 Å². The Labute approximate surface area is 183 Å². The molecule has 13 heteroatoms. The highest BCUT2D eigenvalue weighted by Crippen LogP contribution is 2.31. The lowest BCUT2D eigenvalue weighted by atomic mass is 10.1. The zero-order valence-electron chi connectivity index (χ0n) is 16.4. The number of benzene rings is 1. The minimum Gasteiger partial charge on any atom is -0.471 e. The first-order valence-electron chi connectivity index (χ1n) is 9.13. The van der Waals surface area contributed by atoms with Gasteiger partial charge in [0.25, 0.3) is 17.8 Å². The third kappa shape index (κ3) is 4.35. The van der Waals surface area contributed by atoms with Crippen LogP contribution in [-0.4, -0.2) is 44.8 Å². The molecule has 4 rings (SSSR count). The van der Waals surface area contributed by atoms with Crippen LogP contribution < -0.4 is 5.32 Å². The fraction of sp³-hybridized carbons (Fsp3) is 0.211. The van der Waals surface area contributed by atoms with Gasteiger partial charge in [0.2, 0.25) is 0 Å². The average molecular weight is 467 g/mol. The molecule has 0 fully saturated rings. The van der Waals surface area contributed by atoms with E-state index < -0.39 is 23.5 Å². The zero-order valence-corrected chi connectivity index (χ0v) is 17.1. The van der Waals surface area contributed by atoms with Crippen molar-refractivity contribution < 1.29 is 27.5 Å². The number of hydrogen-bond acceptors (Lipinski definition) is 7. The molecule has 0 saturated heterocycles. The van der Waals surface area contributed by atoms with E-state index in [-0.39, 0.29) is 30.7 Å². The third-order valence-electron chi connectivity index (χ3n) is 4.30. The Balaban J connectivity index is 1.77. The van der Waals surface area contributed by atoms with E-state index in [1.807, 2.05) is 0 Å². The van der Waals surface area contributed by atoms with Crippen molar-refractivity contribution in [2.75, 3.05) is 18.5 Å². The number of alkyl halides is 3. The van der Waals surface area contributed by atoms with E-state index >= 15 is 0 Å². The van der Waals surface area contributed by atoms with Crippen LogP contribution in [0.3, 0.4) is 0 Å². The molecule has 1 amide bonds. The van der Waals surface area contributed by atoms with Crippen LogP contribution in [0, 0.1) is 6.92 Å². The van der Waals surface area contributed by atoms with Crippen LogP contribution in [0.5, 0.6) is 0 Å². The molecule has 0 unspecified atom stereocenters. The molecule has 166 valence electrons. The maximum atomic E-state index is 13.3. The van der Waals surface area contributed by atoms with Crippen LogP contribution >= 0.6 is 11.6 Å². The summed E-state index contributed by atoms with van der Waals surface area (Å²) >= 11 is 6.13. The fourth-order valence-electron chi connectivity index (χ4n) is 2.92. The van der Waals surface area contributed by atoms with Crippen molar-refractivity contribution >= 4 is 29.1 Å². The normalized spacial score (nSPS) is 13.7. The van der Waals surface area contributed by atoms with Crippen molar-refractivity contribution in [2.45, 2.75) is 13.1 Å². The monoisotopic (exact) mass is 466 g/mol. The molecule has 1 aliphatic rings. The minimum atomic E-state index is -4.78. The molecule has 3 aromatic rings. The topological polar surface area (TPSA) is 104 Å². The molecule has 1 N–H and O–H groups in total. The number of hydrogen-bond donors (Lipinski definition) is 1. The first kappa shape index (κ1) is 21.6. The summed E-state index contributed by atoms with van der Waals surface area (Å²) in [6.07, 6.45) is -2.14. The Kier molecular flexibility index (Phi) is 5.70. The summed E-state index contributed by atoms with van der Waals surface area (Å²) in [6.45, 7) is 2.14. The van der Waals surface area contributed by atoms with Crippen LogP contribution in [-0.2, 0) is 15.8 Å². The standard InChI is InChI=1S/C19H14ClF3N6O3/c1-10-7-11(20)8-12(17-28-32-6-5-31-17)15(10)26-16(30)13-9-14(19(21,22)23)27-29(13)18-24-3-2-4-25-18/h2-4,7-9H,5-6H2,1H3,(H,26,30). The summed E-state index contributed by atoms with van der Waals surface area (Å²) < 4.78 is 46.1. The number of nitrogens with one attached hydrogen (secondary N) is 1. The Morgan fingerprint density at radius 2 is 1.94 bits per heavy atom. The number of amides is 1. The highest BCUT2D eigenvalue weighted by atomic mass is 35.5. The van der Waals surface area contributed by atoms with Gasteiger partial charge in [0.1, 0.15) is 12.3 Å². The first-order chi connectivity index (χ1) is 15.2. The summed E-state index contributed by atoms with van der Waals surface area (Å²) in [5.74, 6) is -1.01. The van der Waals surface area contributed by atoms with Gasteiger partial charge >= 0.3 is 6.18 Å². The van der Waals surface area contributed by atoms with Crippen LogP contribution in [0.4, 0.5) is 18.9 Å². The summed E-state index contributed by atoms with van der Waals surface area (Å²) in [7, 11) is 0. The van der Waals surface area contributed by atoms with Gasteiger partial charge < -0.3 is 14.9 Å². The third-order valence-corrected chi connectivity index (χ3v) is 4.52. The predicted molar refractivity (Wildman–Crippen MR) is 107 cm³/mol. The largest absolute Gasteiger partial charge is 0.471 e. The summed E-state index contributed by atoms with van der Waals surface area (Å²) in [4.78, 5) is 25.9. The van der Waals surface area contributed by atoms with E-state index in [4.69, 9.17) is 21.2 Å². The number of aromatic nitrogens is 4. The summed E-state index contributed by atoms with van der Waals surface area (Å²) in [6, 6.07) is 5.17. The van der Waals surface area contributed by atoms with Gasteiger partial charge in [0.05, 0.1) is 11.3 Å². The first-order valence-corrected chi connectivity index (χ1v) is 9.51. The number of anilines is 1. The molecule has 3 heterocycles. The van der Waals surface area contributed by atoms with E-state index in [1.54, 1.807) is 13.0 Å². The van der Waals surface area contributed by atoms with Crippen molar-refractivity contribution in [1.82, 2.24) is 19.7 Å². The van der Waals surface area contributed by atoms with Crippen molar-refractivity contribution in [3.05, 3.63) is 64.2 Å². The second kappa shape index (κ2) is 8.46. The minimum absolute atomic E-state index is 0.0769. The number of ether oxygens (including phenoxy) is 1. The predicted octanol–water partition coefficient (Wildman–Crippen LogP) is 3.60. The number of oxime groups is 1. The molecule has 9 nitrogen and oxygen atoms in total. The van der Waals surface area contributed by atoms with E-state index in [1.165, 1.54) is 24.5 Å². The molecule has 32 heavy (non-hydrogen) atoms. The highest BCUT2D eigenvalue weighted by molar-refractivity contribution is 6.31. The van der Waals surface area contributed by atoms with E-state index in [0.29, 0.717) is 22.2 Å². The summed E-state index contributed by atoms with van der Waals surface area (Å²) in [5.41, 5.74) is -0.626. The molecule has 2 aromatic heterocycles. The van der Waals surface area contributed by atoms with Gasteiger partial charge in [0.15, 0.2) is 12.3 Å². The van der Waals surface area contributed by atoms with Crippen LogP contribution in [0.15, 0.2) is 41.8 Å². The van der Waals surface area contributed by atoms with Gasteiger partial charge in [-0.15, -0.1) is 0 Å². The van der Waals surface area contributed by atoms with E-state index in [9.17, 15) is 18.0 Å². The second-order valence-corrected chi connectivity index (χ2v) is 6.99. The Hall–Kier alpha value is -3.67. The fourth-order valence-corrected chi connectivity index (χ4v) is 3.20. The number of nitrogens with zero attached hydrogens (tertiary/aromatic N) is 5. The number of rotatable bonds is 4. The molecular weight excluding hydrogens is 453 g/mol. The number of carbonyl (C=O) groups is 1. The smallest absolute Gasteiger partial charge is 0.435 e. The van der Waals surface area contributed by atoms with Gasteiger partial charge in [0, 0.05) is 23.5 Å². The quantitative estimate of drug-likeness (QED) is 0.630. The lowest BCUT2D eigenvalue weighted by molar-refractivity contribution is -0.141. The molecule has 0 radical (unpaired) electrons. The lowest BCUT2D eigenvalue weighted by Gasteiger charge is -2.18. The molecular formula is C19H14ClF3N6O3. The molecule has 0 atom stereocenters. The number of halogens is 4. The van der Waals surface area contributed by atoms with Crippen molar-refractivity contribution in [3.63, 3.8) is 0 Å². The second-order valence-electron chi connectivity index (χ2n) is 6.55. The Morgan fingerprint density at radius 3 is 2.59 bits per heavy atom. The van der Waals surface area contributed by atoms with Crippen molar-refractivity contribution in [1.29, 1.82) is 0 Å². The SMILES string of the molecule is Cc1cc(Cl)cc(C2=NOCCO2)c1NC(=O)c1cc(C(F)(F)F)nn1-c1ncccn1. The molecule has 1 aliphatic heterocycles. The lowest BCUT2D eigenvalue weighted by Crippen LogP contribution is -2.23. The molecule has 1 aromatic carbocycles. The van der Waals surface area contributed by atoms with Crippen molar-refractivity contribution in [3.8, 4) is 5.95 Å². The van der Waals surface area contributed by atoms with Crippen LogP contribution in [0.2, 0.25) is 5.02 Å². The highest BCUT2D eigenvalue weighted by Gasteiger charge is 2.36. The maximum Gasteiger partial charge on any atom is 0.435 e. The van der Waals surface area contributed by atoms with E-state index in [0.717, 1.165) is 4.68 Å². The van der Waals surface area contributed by atoms with Crippen molar-refractivity contribution in [2.24, 2.45) is 5.16 Å².